The summed E-state index contributed by atoms with van der Waals surface area (Å²) in [5.41, 5.74) is 1.21. The number of aryl methyl sites for hydroxylation is 1. The van der Waals surface area contributed by atoms with E-state index in [1.807, 2.05) is 38.2 Å². The van der Waals surface area contributed by atoms with E-state index in [9.17, 15) is 4.79 Å². The molecule has 3 heterocycles. The summed E-state index contributed by atoms with van der Waals surface area (Å²) in [6, 6.07) is 8.09. The molecular formula is C20H28N4O2. The lowest BCUT2D eigenvalue weighted by molar-refractivity contribution is 0.161. The van der Waals surface area contributed by atoms with E-state index in [1.165, 1.54) is 5.56 Å². The van der Waals surface area contributed by atoms with E-state index in [0.29, 0.717) is 13.1 Å². The van der Waals surface area contributed by atoms with Crippen molar-refractivity contribution in [1.29, 1.82) is 0 Å². The molecule has 0 saturated carbocycles. The van der Waals surface area contributed by atoms with Crippen LogP contribution in [0.15, 0.2) is 41.1 Å². The molecule has 1 N–H and O–H groups in total. The van der Waals surface area contributed by atoms with Crippen LogP contribution < -0.4 is 5.32 Å². The van der Waals surface area contributed by atoms with Crippen LogP contribution in [0, 0.1) is 6.92 Å². The molecule has 0 aliphatic carbocycles. The number of pyridine rings is 1. The fraction of sp³-hybridized carbons (Fsp3) is 0.500. The standard InChI is InChI=1S/C20H28N4O2/c1-3-24(15-19-9-8-16(2)26-19)20(25)22-18-7-5-11-23(14-18)13-17-6-4-10-21-12-17/h4,6,8-10,12,18H,3,5,7,11,13-15H2,1-2H3,(H,22,25)/t18-/m1/s1. The zero-order valence-corrected chi connectivity index (χ0v) is 15.6. The van der Waals surface area contributed by atoms with Gasteiger partial charge in [0.05, 0.1) is 6.54 Å². The van der Waals surface area contributed by atoms with Crippen LogP contribution in [0.4, 0.5) is 4.79 Å². The maximum Gasteiger partial charge on any atom is 0.318 e. The zero-order chi connectivity index (χ0) is 18.4. The molecule has 140 valence electrons. The van der Waals surface area contributed by atoms with Gasteiger partial charge in [-0.1, -0.05) is 6.07 Å². The summed E-state index contributed by atoms with van der Waals surface area (Å²) in [6.07, 6.45) is 5.82. The first-order chi connectivity index (χ1) is 12.6. The highest BCUT2D eigenvalue weighted by molar-refractivity contribution is 5.74. The summed E-state index contributed by atoms with van der Waals surface area (Å²) in [4.78, 5) is 21.0. The highest BCUT2D eigenvalue weighted by Crippen LogP contribution is 2.15. The van der Waals surface area contributed by atoms with Gasteiger partial charge in [-0.15, -0.1) is 0 Å². The second-order valence-electron chi connectivity index (χ2n) is 6.91. The Hall–Kier alpha value is -2.34. The first kappa shape index (κ1) is 18.5. The van der Waals surface area contributed by atoms with Crippen molar-refractivity contribution in [3.8, 4) is 0 Å². The van der Waals surface area contributed by atoms with Gasteiger partial charge in [-0.05, 0) is 57.0 Å². The van der Waals surface area contributed by atoms with Gasteiger partial charge in [0.25, 0.3) is 0 Å². The van der Waals surface area contributed by atoms with Crippen LogP contribution >= 0.6 is 0 Å². The Labute approximate surface area is 155 Å². The van der Waals surface area contributed by atoms with Crippen molar-refractivity contribution in [2.45, 2.75) is 45.8 Å². The van der Waals surface area contributed by atoms with Crippen LogP contribution in [-0.2, 0) is 13.1 Å². The average Bonchev–Trinajstić information content (AvgIpc) is 3.05. The maximum absolute atomic E-state index is 12.7. The number of hydrogen-bond donors (Lipinski definition) is 1. The molecule has 1 aliphatic heterocycles. The quantitative estimate of drug-likeness (QED) is 0.863. The summed E-state index contributed by atoms with van der Waals surface area (Å²) in [7, 11) is 0. The van der Waals surface area contributed by atoms with Gasteiger partial charge in [-0.3, -0.25) is 9.88 Å². The molecule has 3 rings (SSSR count). The lowest BCUT2D eigenvalue weighted by Crippen LogP contribution is -2.51. The van der Waals surface area contributed by atoms with E-state index >= 15 is 0 Å². The van der Waals surface area contributed by atoms with E-state index in [4.69, 9.17) is 4.42 Å². The van der Waals surface area contributed by atoms with Crippen LogP contribution in [0.3, 0.4) is 0 Å². The van der Waals surface area contributed by atoms with E-state index in [2.05, 4.69) is 21.3 Å². The summed E-state index contributed by atoms with van der Waals surface area (Å²) < 4.78 is 5.60. The van der Waals surface area contributed by atoms with Gasteiger partial charge in [0, 0.05) is 38.1 Å². The Morgan fingerprint density at radius 1 is 1.42 bits per heavy atom. The minimum atomic E-state index is -0.0187. The van der Waals surface area contributed by atoms with Crippen molar-refractivity contribution in [2.24, 2.45) is 0 Å². The zero-order valence-electron chi connectivity index (χ0n) is 15.6. The Bertz CT molecular complexity index is 701. The molecule has 0 radical (unpaired) electrons. The second-order valence-corrected chi connectivity index (χ2v) is 6.91. The molecular weight excluding hydrogens is 328 g/mol. The van der Waals surface area contributed by atoms with E-state index < -0.39 is 0 Å². The fourth-order valence-electron chi connectivity index (χ4n) is 3.42. The minimum absolute atomic E-state index is 0.0187. The van der Waals surface area contributed by atoms with Gasteiger partial charge in [0.1, 0.15) is 11.5 Å². The van der Waals surface area contributed by atoms with Crippen LogP contribution in [0.2, 0.25) is 0 Å². The largest absolute Gasteiger partial charge is 0.464 e. The molecule has 6 heteroatoms. The first-order valence-electron chi connectivity index (χ1n) is 9.36. The molecule has 2 aromatic rings. The van der Waals surface area contributed by atoms with Crippen molar-refractivity contribution in [1.82, 2.24) is 20.1 Å². The number of carbonyl (C=O) groups is 1. The lowest BCUT2D eigenvalue weighted by atomic mass is 10.1. The lowest BCUT2D eigenvalue weighted by Gasteiger charge is -2.34. The minimum Gasteiger partial charge on any atom is -0.464 e. The summed E-state index contributed by atoms with van der Waals surface area (Å²) in [6.45, 7) is 7.87. The topological polar surface area (TPSA) is 61.6 Å². The number of aromatic nitrogens is 1. The molecule has 0 aromatic carbocycles. The number of likely N-dealkylation sites (tertiary alicyclic amines) is 1. The van der Waals surface area contributed by atoms with Crippen LogP contribution in [0.5, 0.6) is 0 Å². The molecule has 1 saturated heterocycles. The summed E-state index contributed by atoms with van der Waals surface area (Å²) in [5, 5.41) is 3.20. The summed E-state index contributed by atoms with van der Waals surface area (Å²) in [5.74, 6) is 1.69. The van der Waals surface area contributed by atoms with Crippen molar-refractivity contribution in [3.63, 3.8) is 0 Å². The van der Waals surface area contributed by atoms with Gasteiger partial charge < -0.3 is 14.6 Å². The molecule has 1 aliphatic rings. The SMILES string of the molecule is CCN(Cc1ccc(C)o1)C(=O)N[C@@H]1CCCN(Cc2cccnc2)C1. The van der Waals surface area contributed by atoms with Crippen molar-refractivity contribution < 1.29 is 9.21 Å². The molecule has 6 nitrogen and oxygen atoms in total. The van der Waals surface area contributed by atoms with Crippen molar-refractivity contribution >= 4 is 6.03 Å². The van der Waals surface area contributed by atoms with E-state index in [1.54, 1.807) is 11.1 Å². The molecule has 0 unspecified atom stereocenters. The molecule has 0 bridgehead atoms. The summed E-state index contributed by atoms with van der Waals surface area (Å²) >= 11 is 0. The number of carbonyl (C=O) groups excluding carboxylic acids is 1. The van der Waals surface area contributed by atoms with Gasteiger partial charge in [-0.2, -0.15) is 0 Å². The molecule has 2 amide bonds. The Morgan fingerprint density at radius 2 is 2.31 bits per heavy atom. The number of nitrogens with zero attached hydrogens (tertiary/aromatic N) is 3. The smallest absolute Gasteiger partial charge is 0.318 e. The molecule has 2 aromatic heterocycles. The maximum atomic E-state index is 12.7. The van der Waals surface area contributed by atoms with Gasteiger partial charge in [-0.25, -0.2) is 4.79 Å². The predicted octanol–water partition coefficient (Wildman–Crippen LogP) is 3.18. The third kappa shape index (κ3) is 5.08. The van der Waals surface area contributed by atoms with Crippen molar-refractivity contribution in [2.75, 3.05) is 19.6 Å². The van der Waals surface area contributed by atoms with Gasteiger partial charge in [0.15, 0.2) is 0 Å². The van der Waals surface area contributed by atoms with E-state index in [0.717, 1.165) is 44.0 Å². The van der Waals surface area contributed by atoms with Crippen LogP contribution in [0.1, 0.15) is 36.8 Å². The third-order valence-electron chi connectivity index (χ3n) is 4.77. The number of nitrogens with one attached hydrogen (secondary N) is 1. The van der Waals surface area contributed by atoms with Gasteiger partial charge >= 0.3 is 6.03 Å². The van der Waals surface area contributed by atoms with Crippen LogP contribution in [0.25, 0.3) is 0 Å². The average molecular weight is 356 g/mol. The molecule has 0 spiro atoms. The Morgan fingerprint density at radius 3 is 3.00 bits per heavy atom. The normalized spacial score (nSPS) is 17.8. The Balaban J connectivity index is 1.52. The number of amides is 2. The highest BCUT2D eigenvalue weighted by atomic mass is 16.3. The predicted molar refractivity (Wildman–Crippen MR) is 101 cm³/mol. The van der Waals surface area contributed by atoms with Gasteiger partial charge in [0.2, 0.25) is 0 Å². The molecule has 1 fully saturated rings. The van der Waals surface area contributed by atoms with E-state index in [-0.39, 0.29) is 12.1 Å². The fourth-order valence-corrected chi connectivity index (χ4v) is 3.42. The second kappa shape index (κ2) is 8.85. The van der Waals surface area contributed by atoms with Crippen LogP contribution in [-0.4, -0.2) is 46.5 Å². The number of hydrogen-bond acceptors (Lipinski definition) is 4. The molecule has 26 heavy (non-hydrogen) atoms. The molecule has 1 atom stereocenters. The monoisotopic (exact) mass is 356 g/mol. The van der Waals surface area contributed by atoms with Crippen molar-refractivity contribution in [3.05, 3.63) is 53.7 Å². The number of furan rings is 1. The first-order valence-corrected chi connectivity index (χ1v) is 9.36. The number of rotatable bonds is 6. The number of urea groups is 1. The Kier molecular flexibility index (Phi) is 6.28. The third-order valence-corrected chi connectivity index (χ3v) is 4.77. The highest BCUT2D eigenvalue weighted by Gasteiger charge is 2.23. The number of piperidine rings is 1.